The molecule has 4 aromatic rings. The first-order chi connectivity index (χ1) is 14.0. The number of hydrogen-bond donors (Lipinski definition) is 2. The molecule has 0 aliphatic heterocycles. The molecule has 146 valence electrons. The molecule has 29 heavy (non-hydrogen) atoms. The fourth-order valence-electron chi connectivity index (χ4n) is 3.07. The van der Waals surface area contributed by atoms with E-state index in [1.54, 1.807) is 47.6 Å². The summed E-state index contributed by atoms with van der Waals surface area (Å²) in [6, 6.07) is 11.5. The molecule has 0 aliphatic carbocycles. The van der Waals surface area contributed by atoms with E-state index < -0.39 is 5.82 Å². The number of nitrogens with one attached hydrogen (secondary N) is 2. The Morgan fingerprint density at radius 3 is 2.86 bits per heavy atom. The minimum Gasteiger partial charge on any atom is -0.353 e. The second-order valence-electron chi connectivity index (χ2n) is 6.54. The third-order valence-electron chi connectivity index (χ3n) is 4.44. The number of fused-ring (bicyclic) bond motifs is 1. The zero-order chi connectivity index (χ0) is 20.4. The van der Waals surface area contributed by atoms with Gasteiger partial charge in [-0.2, -0.15) is 0 Å². The Kier molecular flexibility index (Phi) is 5.14. The number of rotatable bonds is 5. The smallest absolute Gasteiger partial charge is 0.253 e. The van der Waals surface area contributed by atoms with Crippen molar-refractivity contribution >= 4 is 39.9 Å². The number of hydrogen-bond acceptors (Lipinski definition) is 4. The van der Waals surface area contributed by atoms with E-state index in [4.69, 9.17) is 11.6 Å². The Balaban J connectivity index is 1.66. The number of imidazole rings is 1. The number of carbonyl (C=O) groups excluding carboxylic acids is 1. The Bertz CT molecular complexity index is 1190. The Morgan fingerprint density at radius 1 is 1.24 bits per heavy atom. The average molecular weight is 410 g/mol. The summed E-state index contributed by atoms with van der Waals surface area (Å²) in [6.07, 6.45) is 5.01. The first kappa shape index (κ1) is 18.9. The molecular formula is C21H17ClFN5O. The van der Waals surface area contributed by atoms with Gasteiger partial charge in [-0.1, -0.05) is 17.7 Å². The highest BCUT2D eigenvalue weighted by molar-refractivity contribution is 6.30. The van der Waals surface area contributed by atoms with E-state index in [9.17, 15) is 9.18 Å². The Labute approximate surface area is 171 Å². The van der Waals surface area contributed by atoms with Crippen molar-refractivity contribution in [3.05, 3.63) is 83.2 Å². The van der Waals surface area contributed by atoms with Gasteiger partial charge in [0.15, 0.2) is 0 Å². The normalized spacial score (nSPS) is 10.9. The molecule has 0 saturated carbocycles. The van der Waals surface area contributed by atoms with Crippen LogP contribution in [-0.4, -0.2) is 20.4 Å². The van der Waals surface area contributed by atoms with Crippen LogP contribution in [-0.2, 0) is 13.6 Å². The average Bonchev–Trinajstić information content (AvgIpc) is 3.09. The number of nitrogens with zero attached hydrogens (tertiary/aromatic N) is 3. The van der Waals surface area contributed by atoms with Crippen LogP contribution in [0.2, 0.25) is 5.02 Å². The molecule has 0 aliphatic rings. The van der Waals surface area contributed by atoms with Crippen molar-refractivity contribution in [1.82, 2.24) is 19.9 Å². The number of aryl methyl sites for hydroxylation is 1. The van der Waals surface area contributed by atoms with Gasteiger partial charge in [0.05, 0.1) is 28.6 Å². The fraction of sp³-hybridized carbons (Fsp3) is 0.0952. The number of halogens is 2. The largest absolute Gasteiger partial charge is 0.353 e. The van der Waals surface area contributed by atoms with E-state index in [1.807, 2.05) is 19.2 Å². The van der Waals surface area contributed by atoms with Gasteiger partial charge in [0, 0.05) is 36.7 Å². The maximum Gasteiger partial charge on any atom is 0.253 e. The minimum atomic E-state index is -0.485. The number of aromatic nitrogens is 3. The van der Waals surface area contributed by atoms with E-state index in [0.717, 1.165) is 5.56 Å². The molecular weight excluding hydrogens is 393 g/mol. The third kappa shape index (κ3) is 4.05. The molecule has 0 unspecified atom stereocenters. The molecule has 8 heteroatoms. The van der Waals surface area contributed by atoms with E-state index >= 15 is 0 Å². The van der Waals surface area contributed by atoms with Gasteiger partial charge in [0.25, 0.3) is 5.91 Å². The predicted molar refractivity (Wildman–Crippen MR) is 111 cm³/mol. The monoisotopic (exact) mass is 409 g/mol. The molecule has 2 aromatic carbocycles. The highest BCUT2D eigenvalue weighted by Crippen LogP contribution is 2.27. The quantitative estimate of drug-likeness (QED) is 0.511. The topological polar surface area (TPSA) is 71.8 Å². The SMILES string of the molecule is Cn1cnc2cc(Nc3ccc(Cl)cc3F)cc(C(=O)NCc3cccnc3)c21. The van der Waals surface area contributed by atoms with Gasteiger partial charge in [-0.25, -0.2) is 9.37 Å². The fourth-order valence-corrected chi connectivity index (χ4v) is 3.23. The van der Waals surface area contributed by atoms with Crippen molar-refractivity contribution in [2.24, 2.45) is 7.05 Å². The van der Waals surface area contributed by atoms with Crippen molar-refractivity contribution in [2.75, 3.05) is 5.32 Å². The molecule has 4 rings (SSSR count). The molecule has 6 nitrogen and oxygen atoms in total. The number of anilines is 2. The molecule has 0 spiro atoms. The lowest BCUT2D eigenvalue weighted by molar-refractivity contribution is 0.0952. The molecule has 0 radical (unpaired) electrons. The Hall–Kier alpha value is -3.45. The maximum absolute atomic E-state index is 14.2. The van der Waals surface area contributed by atoms with Gasteiger partial charge in [0.2, 0.25) is 0 Å². The molecule has 0 bridgehead atoms. The van der Waals surface area contributed by atoms with Crippen LogP contribution in [0.5, 0.6) is 0 Å². The zero-order valence-corrected chi connectivity index (χ0v) is 16.2. The summed E-state index contributed by atoms with van der Waals surface area (Å²) in [4.78, 5) is 21.3. The van der Waals surface area contributed by atoms with Gasteiger partial charge in [0.1, 0.15) is 5.82 Å². The molecule has 2 heterocycles. The first-order valence-electron chi connectivity index (χ1n) is 8.85. The van der Waals surface area contributed by atoms with Crippen molar-refractivity contribution in [2.45, 2.75) is 6.54 Å². The van der Waals surface area contributed by atoms with E-state index in [0.29, 0.717) is 33.9 Å². The van der Waals surface area contributed by atoms with Gasteiger partial charge >= 0.3 is 0 Å². The van der Waals surface area contributed by atoms with Gasteiger partial charge < -0.3 is 15.2 Å². The van der Waals surface area contributed by atoms with Crippen LogP contribution in [0.15, 0.2) is 61.2 Å². The van der Waals surface area contributed by atoms with Crippen LogP contribution in [0.4, 0.5) is 15.8 Å². The first-order valence-corrected chi connectivity index (χ1v) is 9.23. The van der Waals surface area contributed by atoms with Crippen LogP contribution >= 0.6 is 11.6 Å². The molecule has 1 amide bonds. The summed E-state index contributed by atoms with van der Waals surface area (Å²) >= 11 is 5.81. The van der Waals surface area contributed by atoms with E-state index in [2.05, 4.69) is 20.6 Å². The zero-order valence-electron chi connectivity index (χ0n) is 15.5. The van der Waals surface area contributed by atoms with Gasteiger partial charge in [-0.15, -0.1) is 0 Å². The second-order valence-corrected chi connectivity index (χ2v) is 6.98. The molecule has 2 aromatic heterocycles. The van der Waals surface area contributed by atoms with Crippen molar-refractivity contribution in [1.29, 1.82) is 0 Å². The summed E-state index contributed by atoms with van der Waals surface area (Å²) in [7, 11) is 1.82. The lowest BCUT2D eigenvalue weighted by Crippen LogP contribution is -2.23. The minimum absolute atomic E-state index is 0.256. The van der Waals surface area contributed by atoms with Crippen molar-refractivity contribution < 1.29 is 9.18 Å². The van der Waals surface area contributed by atoms with Crippen molar-refractivity contribution in [3.63, 3.8) is 0 Å². The lowest BCUT2D eigenvalue weighted by Gasteiger charge is -2.12. The molecule has 2 N–H and O–H groups in total. The Morgan fingerprint density at radius 2 is 2.10 bits per heavy atom. The van der Waals surface area contributed by atoms with Gasteiger partial charge in [-0.05, 0) is 42.0 Å². The maximum atomic E-state index is 14.2. The highest BCUT2D eigenvalue weighted by Gasteiger charge is 2.16. The number of amides is 1. The summed E-state index contributed by atoms with van der Waals surface area (Å²) in [5, 5.41) is 6.20. The van der Waals surface area contributed by atoms with Crippen LogP contribution in [0.3, 0.4) is 0 Å². The molecule has 0 saturated heterocycles. The second kappa shape index (κ2) is 7.89. The summed E-state index contributed by atoms with van der Waals surface area (Å²) in [5.41, 5.74) is 3.44. The third-order valence-corrected chi connectivity index (χ3v) is 4.68. The van der Waals surface area contributed by atoms with Gasteiger partial charge in [-0.3, -0.25) is 9.78 Å². The van der Waals surface area contributed by atoms with Crippen LogP contribution in [0.25, 0.3) is 11.0 Å². The van der Waals surface area contributed by atoms with Crippen molar-refractivity contribution in [3.8, 4) is 0 Å². The standard InChI is InChI=1S/C21H17ClFN5O/c1-28-12-26-19-9-15(27-18-5-4-14(22)7-17(18)23)8-16(20(19)28)21(29)25-11-13-3-2-6-24-10-13/h2-10,12,27H,11H2,1H3,(H,25,29). The van der Waals surface area contributed by atoms with Crippen LogP contribution in [0.1, 0.15) is 15.9 Å². The summed E-state index contributed by atoms with van der Waals surface area (Å²) in [6.45, 7) is 0.343. The van der Waals surface area contributed by atoms with Crippen LogP contribution in [0, 0.1) is 5.82 Å². The molecule has 0 atom stereocenters. The molecule has 0 fully saturated rings. The summed E-state index contributed by atoms with van der Waals surface area (Å²) in [5.74, 6) is -0.746. The number of carbonyl (C=O) groups is 1. The van der Waals surface area contributed by atoms with E-state index in [1.165, 1.54) is 6.07 Å². The lowest BCUT2D eigenvalue weighted by atomic mass is 10.1. The van der Waals surface area contributed by atoms with Crippen LogP contribution < -0.4 is 10.6 Å². The predicted octanol–water partition coefficient (Wildman–Crippen LogP) is 4.43. The number of pyridine rings is 1. The highest BCUT2D eigenvalue weighted by atomic mass is 35.5. The summed E-state index contributed by atoms with van der Waals surface area (Å²) < 4.78 is 15.9. The van der Waals surface area contributed by atoms with E-state index in [-0.39, 0.29) is 11.6 Å². The number of benzene rings is 2.